The first kappa shape index (κ1) is 17.8. The van der Waals surface area contributed by atoms with Crippen molar-refractivity contribution in [1.82, 2.24) is 4.90 Å². The summed E-state index contributed by atoms with van der Waals surface area (Å²) in [5, 5.41) is 0. The maximum absolute atomic E-state index is 12.7. The summed E-state index contributed by atoms with van der Waals surface area (Å²) >= 11 is 0. The van der Waals surface area contributed by atoms with Crippen LogP contribution in [-0.2, 0) is 9.47 Å². The Morgan fingerprint density at radius 2 is 1.71 bits per heavy atom. The molecule has 2 atom stereocenters. The van der Waals surface area contributed by atoms with E-state index in [1.165, 1.54) is 0 Å². The van der Waals surface area contributed by atoms with Crippen LogP contribution >= 0.6 is 0 Å². The molecule has 1 heterocycles. The van der Waals surface area contributed by atoms with Crippen molar-refractivity contribution in [3.05, 3.63) is 0 Å². The van der Waals surface area contributed by atoms with Crippen molar-refractivity contribution in [2.45, 2.75) is 73.2 Å². The summed E-state index contributed by atoms with van der Waals surface area (Å²) in [6, 6.07) is -0.186. The van der Waals surface area contributed by atoms with E-state index in [9.17, 15) is 4.79 Å². The quantitative estimate of drug-likeness (QED) is 0.742. The standard InChI is InChI=1S/C16H30N2O3/c1-10(2)11-12(20-9)17-13(15(3,4)5)18(11)14(19)21-16(6,7)8/h10-11,13H,1-9H3/t11-,13-/m0/s1. The Labute approximate surface area is 128 Å². The van der Waals surface area contributed by atoms with Crippen molar-refractivity contribution < 1.29 is 14.3 Å². The molecular formula is C16H30N2O3. The lowest BCUT2D eigenvalue weighted by atomic mass is 9.91. The number of carbonyl (C=O) groups excluding carboxylic acids is 1. The van der Waals surface area contributed by atoms with Crippen molar-refractivity contribution in [1.29, 1.82) is 0 Å². The number of hydrogen-bond acceptors (Lipinski definition) is 4. The van der Waals surface area contributed by atoms with E-state index in [2.05, 4.69) is 39.6 Å². The smallest absolute Gasteiger partial charge is 0.412 e. The molecule has 5 nitrogen and oxygen atoms in total. The molecule has 0 aromatic carbocycles. The summed E-state index contributed by atoms with van der Waals surface area (Å²) in [6.45, 7) is 15.9. The van der Waals surface area contributed by atoms with Crippen LogP contribution in [0.15, 0.2) is 4.99 Å². The van der Waals surface area contributed by atoms with Gasteiger partial charge in [0.1, 0.15) is 17.8 Å². The second-order valence-corrected chi connectivity index (χ2v) is 7.99. The van der Waals surface area contributed by atoms with E-state index in [1.807, 2.05) is 20.8 Å². The van der Waals surface area contributed by atoms with Gasteiger partial charge < -0.3 is 9.47 Å². The van der Waals surface area contributed by atoms with Crippen molar-refractivity contribution in [3.63, 3.8) is 0 Å². The first-order valence-electron chi connectivity index (χ1n) is 7.51. The van der Waals surface area contributed by atoms with Crippen molar-refractivity contribution in [2.75, 3.05) is 7.11 Å². The molecule has 21 heavy (non-hydrogen) atoms. The van der Waals surface area contributed by atoms with Crippen LogP contribution in [0.2, 0.25) is 0 Å². The van der Waals surface area contributed by atoms with Gasteiger partial charge in [0.15, 0.2) is 0 Å². The van der Waals surface area contributed by atoms with Crippen LogP contribution in [0.5, 0.6) is 0 Å². The van der Waals surface area contributed by atoms with Gasteiger partial charge in [0.25, 0.3) is 0 Å². The van der Waals surface area contributed by atoms with Crippen molar-refractivity contribution in [3.8, 4) is 0 Å². The number of nitrogens with zero attached hydrogens (tertiary/aromatic N) is 2. The van der Waals surface area contributed by atoms with E-state index in [1.54, 1.807) is 12.0 Å². The average Bonchev–Trinajstić information content (AvgIpc) is 2.65. The predicted octanol–water partition coefficient (Wildman–Crippen LogP) is 3.68. The fourth-order valence-electron chi connectivity index (χ4n) is 2.45. The van der Waals surface area contributed by atoms with Crippen LogP contribution in [0.4, 0.5) is 4.79 Å². The van der Waals surface area contributed by atoms with Gasteiger partial charge in [-0.05, 0) is 26.7 Å². The second-order valence-electron chi connectivity index (χ2n) is 7.99. The lowest BCUT2D eigenvalue weighted by molar-refractivity contribution is -0.00222. The molecule has 5 heteroatoms. The maximum atomic E-state index is 12.7. The summed E-state index contributed by atoms with van der Waals surface area (Å²) < 4.78 is 11.0. The number of methoxy groups -OCH3 is 1. The molecule has 0 aromatic heterocycles. The molecule has 0 unspecified atom stereocenters. The Hall–Kier alpha value is -1.26. The van der Waals surface area contributed by atoms with Gasteiger partial charge in [0.2, 0.25) is 5.90 Å². The van der Waals surface area contributed by atoms with E-state index in [4.69, 9.17) is 9.47 Å². The molecule has 0 fully saturated rings. The van der Waals surface area contributed by atoms with Gasteiger partial charge in [0, 0.05) is 5.41 Å². The van der Waals surface area contributed by atoms with E-state index in [0.717, 1.165) is 0 Å². The topological polar surface area (TPSA) is 51.1 Å². The molecule has 0 N–H and O–H groups in total. The number of hydrogen-bond donors (Lipinski definition) is 0. The molecule has 0 saturated carbocycles. The van der Waals surface area contributed by atoms with E-state index < -0.39 is 5.60 Å². The molecule has 1 aliphatic rings. The van der Waals surface area contributed by atoms with Gasteiger partial charge in [0.05, 0.1) is 7.11 Å². The summed E-state index contributed by atoms with van der Waals surface area (Å²) in [5.41, 5.74) is -0.721. The summed E-state index contributed by atoms with van der Waals surface area (Å²) in [4.78, 5) is 19.0. The molecular weight excluding hydrogens is 268 g/mol. The van der Waals surface area contributed by atoms with Crippen LogP contribution in [0.1, 0.15) is 55.4 Å². The van der Waals surface area contributed by atoms with Gasteiger partial charge in [-0.3, -0.25) is 4.90 Å². The van der Waals surface area contributed by atoms with Gasteiger partial charge in [-0.2, -0.15) is 0 Å². The number of aliphatic imine (C=N–C) groups is 1. The maximum Gasteiger partial charge on any atom is 0.412 e. The highest BCUT2D eigenvalue weighted by molar-refractivity contribution is 5.89. The lowest BCUT2D eigenvalue weighted by Gasteiger charge is -2.38. The Morgan fingerprint density at radius 1 is 1.19 bits per heavy atom. The van der Waals surface area contributed by atoms with Crippen LogP contribution in [-0.4, -0.2) is 41.8 Å². The largest absolute Gasteiger partial charge is 0.483 e. The zero-order valence-electron chi connectivity index (χ0n) is 14.9. The minimum absolute atomic E-state index is 0.186. The minimum atomic E-state index is -0.531. The van der Waals surface area contributed by atoms with E-state index in [-0.39, 0.29) is 29.6 Å². The molecule has 0 aliphatic carbocycles. The fraction of sp³-hybridized carbons (Fsp3) is 0.875. The van der Waals surface area contributed by atoms with Crippen LogP contribution in [0.25, 0.3) is 0 Å². The Bertz CT molecular complexity index is 416. The number of carbonyl (C=O) groups is 1. The Balaban J connectivity index is 3.18. The van der Waals surface area contributed by atoms with E-state index >= 15 is 0 Å². The van der Waals surface area contributed by atoms with Crippen LogP contribution in [0.3, 0.4) is 0 Å². The first-order valence-corrected chi connectivity index (χ1v) is 7.51. The highest BCUT2D eigenvalue weighted by Gasteiger charge is 2.48. The Morgan fingerprint density at radius 3 is 2.05 bits per heavy atom. The third kappa shape index (κ3) is 4.11. The van der Waals surface area contributed by atoms with Gasteiger partial charge >= 0.3 is 6.09 Å². The van der Waals surface area contributed by atoms with Crippen molar-refractivity contribution in [2.24, 2.45) is 16.3 Å². The average molecular weight is 298 g/mol. The summed E-state index contributed by atoms with van der Waals surface area (Å²) in [6.07, 6.45) is -0.619. The third-order valence-corrected chi connectivity index (χ3v) is 3.29. The predicted molar refractivity (Wildman–Crippen MR) is 84.4 cm³/mol. The highest BCUT2D eigenvalue weighted by atomic mass is 16.6. The normalized spacial score (nSPS) is 23.3. The molecule has 0 aromatic rings. The molecule has 0 saturated heterocycles. The highest BCUT2D eigenvalue weighted by Crippen LogP contribution is 2.35. The third-order valence-electron chi connectivity index (χ3n) is 3.29. The zero-order chi connectivity index (χ0) is 16.6. The molecule has 0 radical (unpaired) electrons. The summed E-state index contributed by atoms with van der Waals surface area (Å²) in [7, 11) is 1.60. The molecule has 1 amide bonds. The van der Waals surface area contributed by atoms with Gasteiger partial charge in [-0.25, -0.2) is 9.79 Å². The SMILES string of the molecule is COC1=N[C@H](C(C)(C)C)N(C(=O)OC(C)(C)C)[C@H]1C(C)C. The molecule has 1 rings (SSSR count). The van der Waals surface area contributed by atoms with Crippen LogP contribution < -0.4 is 0 Å². The van der Waals surface area contributed by atoms with E-state index in [0.29, 0.717) is 5.90 Å². The van der Waals surface area contributed by atoms with Gasteiger partial charge in [-0.1, -0.05) is 34.6 Å². The zero-order valence-corrected chi connectivity index (χ0v) is 14.9. The molecule has 122 valence electrons. The van der Waals surface area contributed by atoms with Crippen LogP contribution in [0, 0.1) is 11.3 Å². The monoisotopic (exact) mass is 298 g/mol. The summed E-state index contributed by atoms with van der Waals surface area (Å²) in [5.74, 6) is 0.805. The fourth-order valence-corrected chi connectivity index (χ4v) is 2.45. The number of amides is 1. The minimum Gasteiger partial charge on any atom is -0.483 e. The lowest BCUT2D eigenvalue weighted by Crippen LogP contribution is -2.52. The van der Waals surface area contributed by atoms with Crippen molar-refractivity contribution >= 4 is 12.0 Å². The molecule has 0 spiro atoms. The molecule has 1 aliphatic heterocycles. The first-order chi connectivity index (χ1) is 9.38. The number of ether oxygens (including phenoxy) is 2. The number of rotatable bonds is 1. The second kappa shape index (κ2) is 5.85. The van der Waals surface area contributed by atoms with Gasteiger partial charge in [-0.15, -0.1) is 0 Å². The molecule has 0 bridgehead atoms. The Kier molecular flexibility index (Phi) is 4.96.